The number of hydrogen-bond acceptors (Lipinski definition) is 1. The first-order valence-corrected chi connectivity index (χ1v) is 8.71. The van der Waals surface area contributed by atoms with Crippen molar-refractivity contribution in [2.75, 3.05) is 19.0 Å². The van der Waals surface area contributed by atoms with Crippen LogP contribution in [0.3, 0.4) is 0 Å². The molecular formula is C22H20Ar2NP. The third-order valence-corrected chi connectivity index (χ3v) is 5.08. The maximum atomic E-state index is 2.92. The second-order valence-electron chi connectivity index (χ2n) is 6.33. The van der Waals surface area contributed by atoms with Gasteiger partial charge in [0.05, 0.1) is 0 Å². The van der Waals surface area contributed by atoms with E-state index in [0.717, 1.165) is 0 Å². The Morgan fingerprint density at radius 2 is 1.12 bits per heavy atom. The van der Waals surface area contributed by atoms with Gasteiger partial charge in [0.25, 0.3) is 0 Å². The van der Waals surface area contributed by atoms with Gasteiger partial charge in [0, 0.05) is 101 Å². The number of rotatable bonds is 2. The summed E-state index contributed by atoms with van der Waals surface area (Å²) in [5.41, 5.74) is 3.85. The van der Waals surface area contributed by atoms with E-state index in [2.05, 4.69) is 101 Å². The van der Waals surface area contributed by atoms with Crippen LogP contribution in [0.1, 0.15) is 0 Å². The smallest absolute Gasteiger partial charge is 0.0447 e. The summed E-state index contributed by atoms with van der Waals surface area (Å²) in [5, 5.41) is 6.37. The van der Waals surface area contributed by atoms with Gasteiger partial charge >= 0.3 is 0 Å². The Kier molecular flexibility index (Phi) is 8.26. The molecular weight excluding hydrogens is 389 g/mol. The topological polar surface area (TPSA) is 3.24 Å². The third kappa shape index (κ3) is 4.10. The molecule has 0 bridgehead atoms. The molecule has 0 amide bonds. The summed E-state index contributed by atoms with van der Waals surface area (Å²) in [6, 6.07) is 26.1. The molecule has 4 heteroatoms. The van der Waals surface area contributed by atoms with Crippen LogP contribution >= 0.6 is 9.24 Å². The summed E-state index contributed by atoms with van der Waals surface area (Å²) >= 11 is 0. The molecule has 1 nitrogen and oxygen atoms in total. The van der Waals surface area contributed by atoms with Gasteiger partial charge in [-0.25, -0.2) is 0 Å². The average Bonchev–Trinajstić information content (AvgIpc) is 2.61. The molecule has 4 aromatic rings. The number of fused-ring (bicyclic) bond motifs is 2. The van der Waals surface area contributed by atoms with Crippen LogP contribution in [-0.4, -0.2) is 14.1 Å². The van der Waals surface area contributed by atoms with Gasteiger partial charge in [-0.3, -0.25) is 0 Å². The molecule has 0 saturated carbocycles. The van der Waals surface area contributed by atoms with Crippen molar-refractivity contribution in [3.05, 3.63) is 72.8 Å². The molecule has 4 aromatic carbocycles. The number of nitrogens with zero attached hydrogens (tertiary/aromatic N) is 1. The molecule has 26 heavy (non-hydrogen) atoms. The summed E-state index contributed by atoms with van der Waals surface area (Å²) in [7, 11) is 7.14. The Morgan fingerprint density at radius 1 is 0.615 bits per heavy atom. The largest absolute Gasteiger partial charge is 0.377 e. The molecule has 0 spiro atoms. The maximum Gasteiger partial charge on any atom is 0.0447 e. The van der Waals surface area contributed by atoms with E-state index in [1.807, 2.05) is 0 Å². The zero-order valence-electron chi connectivity index (χ0n) is 14.7. The van der Waals surface area contributed by atoms with Crippen molar-refractivity contribution in [3.8, 4) is 11.1 Å². The van der Waals surface area contributed by atoms with Crippen LogP contribution in [0.4, 0.5) is 5.69 Å². The maximum absolute atomic E-state index is 2.92. The van der Waals surface area contributed by atoms with E-state index in [-0.39, 0.29) is 75.5 Å². The van der Waals surface area contributed by atoms with E-state index in [4.69, 9.17) is 0 Å². The van der Waals surface area contributed by atoms with Gasteiger partial charge in [-0.05, 0) is 38.5 Å². The number of hydrogen-bond donors (Lipinski definition) is 0. The van der Waals surface area contributed by atoms with Crippen molar-refractivity contribution in [2.45, 2.75) is 0 Å². The average molecular weight is 409 g/mol. The van der Waals surface area contributed by atoms with Gasteiger partial charge in [-0.15, -0.1) is 9.24 Å². The van der Waals surface area contributed by atoms with Crippen molar-refractivity contribution >= 4 is 41.8 Å². The van der Waals surface area contributed by atoms with Crippen LogP contribution in [-0.2, 0) is 0 Å². The van der Waals surface area contributed by atoms with E-state index in [1.165, 1.54) is 43.7 Å². The molecule has 0 fully saturated rings. The van der Waals surface area contributed by atoms with Crippen molar-refractivity contribution in [1.82, 2.24) is 0 Å². The van der Waals surface area contributed by atoms with Gasteiger partial charge in [-0.1, -0.05) is 66.7 Å². The van der Waals surface area contributed by atoms with E-state index in [0.29, 0.717) is 0 Å². The quantitative estimate of drug-likeness (QED) is 0.410. The number of anilines is 1. The third-order valence-electron chi connectivity index (χ3n) is 4.60. The summed E-state index contributed by atoms with van der Waals surface area (Å²) in [6.07, 6.45) is 0. The summed E-state index contributed by atoms with van der Waals surface area (Å²) in [4.78, 5) is 2.20. The van der Waals surface area contributed by atoms with Gasteiger partial charge in [-0.2, -0.15) is 0 Å². The first kappa shape index (κ1) is 22.4. The van der Waals surface area contributed by atoms with E-state index < -0.39 is 0 Å². The van der Waals surface area contributed by atoms with Crippen LogP contribution in [0, 0.1) is 75.5 Å². The molecule has 1 atom stereocenters. The summed E-state index contributed by atoms with van der Waals surface area (Å²) < 4.78 is 0. The van der Waals surface area contributed by atoms with Crippen molar-refractivity contribution in [2.24, 2.45) is 0 Å². The van der Waals surface area contributed by atoms with Crippen LogP contribution in [0.5, 0.6) is 0 Å². The first-order valence-electron chi connectivity index (χ1n) is 8.13. The van der Waals surface area contributed by atoms with Gasteiger partial charge in [0.15, 0.2) is 0 Å². The molecule has 0 aliphatic rings. The molecule has 0 aliphatic heterocycles. The minimum atomic E-state index is 0. The van der Waals surface area contributed by atoms with E-state index in [9.17, 15) is 0 Å². The zero-order chi connectivity index (χ0) is 16.7. The second kappa shape index (κ2) is 9.57. The van der Waals surface area contributed by atoms with Crippen molar-refractivity contribution in [3.63, 3.8) is 0 Å². The molecule has 134 valence electrons. The SMILES string of the molecule is CN(C)c1ccc2ccccc2c1-c1c(P)ccc2ccccc12.[Ar].[Ar]. The van der Waals surface area contributed by atoms with Gasteiger partial charge < -0.3 is 4.90 Å². The van der Waals surface area contributed by atoms with E-state index in [1.54, 1.807) is 0 Å². The Bertz CT molecular complexity index is 1060. The van der Waals surface area contributed by atoms with Crippen LogP contribution < -0.4 is 10.2 Å². The van der Waals surface area contributed by atoms with Gasteiger partial charge in [0.2, 0.25) is 0 Å². The molecule has 0 aromatic heterocycles. The Morgan fingerprint density at radius 3 is 1.69 bits per heavy atom. The minimum absolute atomic E-state index is 0. The predicted octanol–water partition coefficient (Wildman–Crippen LogP) is 5.23. The van der Waals surface area contributed by atoms with Crippen LogP contribution in [0.15, 0.2) is 72.8 Å². The standard InChI is InChI=1S/C22H20NP.2Ar/c1-23(2)19-13-11-15-7-3-5-9-17(15)21(19)22-18-10-6-4-8-16(18)12-14-20(22)24;;/h3-14H,24H2,1-2H3;;. The zero-order valence-corrected chi connectivity index (χ0v) is 17.2. The Labute approximate surface area is 217 Å². The Hall–Kier alpha value is 0.149. The van der Waals surface area contributed by atoms with Crippen LogP contribution in [0.25, 0.3) is 32.7 Å². The minimum Gasteiger partial charge on any atom is -0.377 e. The molecule has 1 unspecified atom stereocenters. The molecule has 0 saturated heterocycles. The molecule has 0 N–H and O–H groups in total. The molecule has 0 heterocycles. The summed E-state index contributed by atoms with van der Waals surface area (Å²) in [5.74, 6) is 0. The van der Waals surface area contributed by atoms with Gasteiger partial charge in [0.1, 0.15) is 0 Å². The number of benzene rings is 4. The van der Waals surface area contributed by atoms with E-state index >= 15 is 0 Å². The van der Waals surface area contributed by atoms with Crippen LogP contribution in [0.2, 0.25) is 0 Å². The monoisotopic (exact) mass is 409 g/mol. The first-order chi connectivity index (χ1) is 11.7. The fourth-order valence-electron chi connectivity index (χ4n) is 3.46. The van der Waals surface area contributed by atoms with Crippen molar-refractivity contribution < 1.29 is 75.5 Å². The molecule has 0 aliphatic carbocycles. The normalized spacial score (nSPS) is 10.3. The molecule has 0 radical (unpaired) electrons. The molecule has 4 rings (SSSR count). The fourth-order valence-corrected chi connectivity index (χ4v) is 3.86. The Balaban J connectivity index is 0.00000121. The van der Waals surface area contributed by atoms with Crippen molar-refractivity contribution in [1.29, 1.82) is 0 Å². The summed E-state index contributed by atoms with van der Waals surface area (Å²) in [6.45, 7) is 0. The predicted molar refractivity (Wildman–Crippen MR) is 111 cm³/mol. The fraction of sp³-hybridized carbons (Fsp3) is 0.0909. The second-order valence-corrected chi connectivity index (χ2v) is 6.95.